The highest BCUT2D eigenvalue weighted by molar-refractivity contribution is 5.97. The molecule has 2 aliphatic heterocycles. The first-order valence-electron chi connectivity index (χ1n) is 7.24. The summed E-state index contributed by atoms with van der Waals surface area (Å²) in [5.74, 6) is 0.159. The van der Waals surface area contributed by atoms with Crippen molar-refractivity contribution in [2.75, 3.05) is 18.0 Å². The summed E-state index contributed by atoms with van der Waals surface area (Å²) >= 11 is 0. The molecule has 0 bridgehead atoms. The van der Waals surface area contributed by atoms with E-state index in [1.807, 2.05) is 4.68 Å². The van der Waals surface area contributed by atoms with Crippen LogP contribution >= 0.6 is 0 Å². The fourth-order valence-corrected chi connectivity index (χ4v) is 3.21. The topological polar surface area (TPSA) is 99.2 Å². The zero-order valence-electron chi connectivity index (χ0n) is 11.9. The monoisotopic (exact) mass is 300 g/mol. The van der Waals surface area contributed by atoms with E-state index in [1.54, 1.807) is 24.5 Å². The van der Waals surface area contributed by atoms with E-state index in [9.17, 15) is 4.79 Å². The summed E-state index contributed by atoms with van der Waals surface area (Å²) in [5, 5.41) is 8.14. The molecule has 1 amide bonds. The lowest BCUT2D eigenvalue weighted by Crippen LogP contribution is -2.48. The van der Waals surface area contributed by atoms with Crippen LogP contribution in [-0.2, 0) is 11.3 Å². The molecule has 2 aromatic heterocycles. The number of pyridine rings is 1. The van der Waals surface area contributed by atoms with Crippen LogP contribution in [0.25, 0.3) is 0 Å². The molecule has 1 saturated heterocycles. The van der Waals surface area contributed by atoms with Gasteiger partial charge in [0.15, 0.2) is 0 Å². The van der Waals surface area contributed by atoms with Gasteiger partial charge in [0.05, 0.1) is 36.2 Å². The van der Waals surface area contributed by atoms with Gasteiger partial charge in [-0.25, -0.2) is 9.67 Å². The minimum atomic E-state index is -0.466. The first kappa shape index (κ1) is 13.2. The second kappa shape index (κ2) is 5.06. The maximum Gasteiger partial charge on any atom is 0.252 e. The Kier molecular flexibility index (Phi) is 3.04. The highest BCUT2D eigenvalue weighted by Crippen LogP contribution is 2.32. The molecule has 0 saturated carbocycles. The van der Waals surface area contributed by atoms with E-state index in [2.05, 4.69) is 20.2 Å². The van der Waals surface area contributed by atoms with Crippen molar-refractivity contribution in [1.29, 1.82) is 0 Å². The fraction of sp³-hybridized carbons (Fsp3) is 0.429. The molecule has 0 spiro atoms. The standard InChI is InChI=1S/C14H16N6O2/c15-13(21)10-2-1-4-16-14(10)19-5-3-12-11(7-19)20-9(8-22-12)6-17-18-20/h1-2,4,6,11-12H,3,5,7-8H2,(H2,15,21)/t11-,12+/m0/s1. The molecule has 8 heteroatoms. The Morgan fingerprint density at radius 3 is 3.23 bits per heavy atom. The quantitative estimate of drug-likeness (QED) is 0.846. The van der Waals surface area contributed by atoms with E-state index >= 15 is 0 Å². The van der Waals surface area contributed by atoms with Crippen LogP contribution in [-0.4, -0.2) is 45.1 Å². The van der Waals surface area contributed by atoms with E-state index in [0.29, 0.717) is 24.5 Å². The van der Waals surface area contributed by atoms with Crippen molar-refractivity contribution < 1.29 is 9.53 Å². The number of rotatable bonds is 2. The van der Waals surface area contributed by atoms with Crippen LogP contribution < -0.4 is 10.6 Å². The zero-order valence-corrected chi connectivity index (χ0v) is 11.9. The van der Waals surface area contributed by atoms with Crippen LogP contribution in [0.15, 0.2) is 24.5 Å². The van der Waals surface area contributed by atoms with Crippen LogP contribution in [0.4, 0.5) is 5.82 Å². The molecule has 1 fully saturated rings. The number of hydrogen-bond acceptors (Lipinski definition) is 6. The smallest absolute Gasteiger partial charge is 0.252 e. The first-order valence-corrected chi connectivity index (χ1v) is 7.24. The van der Waals surface area contributed by atoms with E-state index < -0.39 is 5.91 Å². The number of anilines is 1. The summed E-state index contributed by atoms with van der Waals surface area (Å²) in [6.45, 7) is 1.98. The lowest BCUT2D eigenvalue weighted by atomic mass is 10.00. The second-order valence-corrected chi connectivity index (χ2v) is 5.56. The normalized spacial score (nSPS) is 23.7. The van der Waals surface area contributed by atoms with Gasteiger partial charge in [0.25, 0.3) is 5.91 Å². The Hall–Kier alpha value is -2.48. The molecule has 4 rings (SSSR count). The van der Waals surface area contributed by atoms with Gasteiger partial charge >= 0.3 is 0 Å². The maximum absolute atomic E-state index is 11.6. The van der Waals surface area contributed by atoms with E-state index in [1.165, 1.54) is 0 Å². The summed E-state index contributed by atoms with van der Waals surface area (Å²) in [5.41, 5.74) is 6.87. The van der Waals surface area contributed by atoms with Crippen molar-refractivity contribution in [1.82, 2.24) is 20.0 Å². The number of carbonyl (C=O) groups excluding carboxylic acids is 1. The number of nitrogens with two attached hydrogens (primary N) is 1. The Bertz CT molecular complexity index is 715. The number of ether oxygens (including phenoxy) is 1. The second-order valence-electron chi connectivity index (χ2n) is 5.56. The third kappa shape index (κ3) is 2.03. The highest BCUT2D eigenvalue weighted by atomic mass is 16.5. The molecule has 0 radical (unpaired) electrons. The Morgan fingerprint density at radius 1 is 1.45 bits per heavy atom. The molecule has 22 heavy (non-hydrogen) atoms. The average Bonchev–Trinajstić information content (AvgIpc) is 3.03. The molecule has 114 valence electrons. The van der Waals surface area contributed by atoms with Gasteiger partial charge in [0.1, 0.15) is 5.82 Å². The van der Waals surface area contributed by atoms with Crippen LogP contribution in [0.3, 0.4) is 0 Å². The van der Waals surface area contributed by atoms with E-state index in [-0.39, 0.29) is 12.1 Å². The van der Waals surface area contributed by atoms with E-state index in [0.717, 1.165) is 18.7 Å². The fourth-order valence-electron chi connectivity index (χ4n) is 3.21. The maximum atomic E-state index is 11.6. The van der Waals surface area contributed by atoms with Crippen LogP contribution in [0.5, 0.6) is 0 Å². The third-order valence-corrected chi connectivity index (χ3v) is 4.28. The van der Waals surface area contributed by atoms with Crippen molar-refractivity contribution in [3.8, 4) is 0 Å². The van der Waals surface area contributed by atoms with Crippen LogP contribution in [0.2, 0.25) is 0 Å². The van der Waals surface area contributed by atoms with Gasteiger partial charge in [-0.1, -0.05) is 5.21 Å². The van der Waals surface area contributed by atoms with Gasteiger partial charge < -0.3 is 15.4 Å². The number of nitrogens with zero attached hydrogens (tertiary/aromatic N) is 5. The zero-order chi connectivity index (χ0) is 15.1. The van der Waals surface area contributed by atoms with Crippen molar-refractivity contribution in [2.45, 2.75) is 25.2 Å². The molecule has 8 nitrogen and oxygen atoms in total. The number of primary amides is 1. The van der Waals surface area contributed by atoms with Crippen LogP contribution in [0, 0.1) is 0 Å². The van der Waals surface area contributed by atoms with Crippen molar-refractivity contribution >= 4 is 11.7 Å². The van der Waals surface area contributed by atoms with Gasteiger partial charge in [0, 0.05) is 19.3 Å². The number of aromatic nitrogens is 4. The van der Waals surface area contributed by atoms with Gasteiger partial charge in [-0.3, -0.25) is 4.79 Å². The van der Waals surface area contributed by atoms with Crippen molar-refractivity contribution in [2.24, 2.45) is 5.73 Å². The summed E-state index contributed by atoms with van der Waals surface area (Å²) in [4.78, 5) is 18.0. The minimum absolute atomic E-state index is 0.0720. The van der Waals surface area contributed by atoms with Gasteiger partial charge in [-0.2, -0.15) is 0 Å². The Labute approximate surface area is 126 Å². The predicted octanol–water partition coefficient (Wildman–Crippen LogP) is 0.122. The molecule has 2 aliphatic rings. The number of hydrogen-bond donors (Lipinski definition) is 1. The molecule has 0 aliphatic carbocycles. The number of carbonyl (C=O) groups is 1. The Morgan fingerprint density at radius 2 is 2.36 bits per heavy atom. The highest BCUT2D eigenvalue weighted by Gasteiger charge is 2.37. The predicted molar refractivity (Wildman–Crippen MR) is 77.2 cm³/mol. The summed E-state index contributed by atoms with van der Waals surface area (Å²) in [6, 6.07) is 3.49. The molecule has 2 aromatic rings. The first-order chi connectivity index (χ1) is 10.7. The summed E-state index contributed by atoms with van der Waals surface area (Å²) in [7, 11) is 0. The summed E-state index contributed by atoms with van der Waals surface area (Å²) in [6.07, 6.45) is 4.36. The number of amides is 1. The van der Waals surface area contributed by atoms with Crippen molar-refractivity contribution in [3.05, 3.63) is 35.8 Å². The molecular formula is C14H16N6O2. The third-order valence-electron chi connectivity index (χ3n) is 4.28. The minimum Gasteiger partial charge on any atom is -0.370 e. The average molecular weight is 300 g/mol. The number of fused-ring (bicyclic) bond motifs is 3. The molecular weight excluding hydrogens is 284 g/mol. The van der Waals surface area contributed by atoms with Crippen LogP contribution in [0.1, 0.15) is 28.5 Å². The molecule has 0 aromatic carbocycles. The molecule has 2 atom stereocenters. The van der Waals surface area contributed by atoms with Gasteiger partial charge in [-0.15, -0.1) is 5.10 Å². The van der Waals surface area contributed by atoms with Gasteiger partial charge in [-0.05, 0) is 18.6 Å². The van der Waals surface area contributed by atoms with Crippen molar-refractivity contribution in [3.63, 3.8) is 0 Å². The van der Waals surface area contributed by atoms with E-state index in [4.69, 9.17) is 10.5 Å². The number of piperidine rings is 1. The van der Waals surface area contributed by atoms with Gasteiger partial charge in [0.2, 0.25) is 0 Å². The molecule has 0 unspecified atom stereocenters. The SMILES string of the molecule is NC(=O)c1cccnc1N1CC[C@H]2OCc3cnnn3[C@H]2C1. The summed E-state index contributed by atoms with van der Waals surface area (Å²) < 4.78 is 7.81. The Balaban J connectivity index is 1.66. The lowest BCUT2D eigenvalue weighted by molar-refractivity contribution is -0.0373. The largest absolute Gasteiger partial charge is 0.370 e. The lowest BCUT2D eigenvalue weighted by Gasteiger charge is -2.41. The molecule has 2 N–H and O–H groups in total. The molecule has 4 heterocycles.